The fourth-order valence-electron chi connectivity index (χ4n) is 2.23. The lowest BCUT2D eigenvalue weighted by molar-refractivity contribution is -0.137. The number of nitrogens with zero attached hydrogens (tertiary/aromatic N) is 2. The molecule has 0 saturated carbocycles. The zero-order chi connectivity index (χ0) is 17.3. The van der Waals surface area contributed by atoms with Gasteiger partial charge in [-0.25, -0.2) is 18.7 Å². The third kappa shape index (κ3) is 3.27. The molecule has 24 heavy (non-hydrogen) atoms. The Morgan fingerprint density at radius 2 is 1.67 bits per heavy atom. The third-order valence-corrected chi connectivity index (χ3v) is 3.40. The summed E-state index contributed by atoms with van der Waals surface area (Å²) in [6.07, 6.45) is -3.28. The monoisotopic (exact) mass is 339 g/mol. The van der Waals surface area contributed by atoms with E-state index in [4.69, 9.17) is 0 Å². The molecular formula is C16H10F5N3. The van der Waals surface area contributed by atoms with Crippen LogP contribution in [-0.2, 0) is 12.7 Å². The molecule has 0 unspecified atom stereocenters. The fourth-order valence-corrected chi connectivity index (χ4v) is 2.23. The maximum atomic E-state index is 13.7. The first-order valence-electron chi connectivity index (χ1n) is 6.84. The van der Waals surface area contributed by atoms with Gasteiger partial charge in [0.05, 0.1) is 5.56 Å². The molecule has 0 fully saturated rings. The second-order valence-electron chi connectivity index (χ2n) is 5.05. The fraction of sp³-hybridized carbons (Fsp3) is 0.125. The van der Waals surface area contributed by atoms with Crippen LogP contribution < -0.4 is 5.32 Å². The largest absolute Gasteiger partial charge is 0.416 e. The van der Waals surface area contributed by atoms with Crippen molar-refractivity contribution < 1.29 is 22.0 Å². The summed E-state index contributed by atoms with van der Waals surface area (Å²) in [4.78, 5) is 7.68. The van der Waals surface area contributed by atoms with Crippen molar-refractivity contribution in [1.82, 2.24) is 9.97 Å². The van der Waals surface area contributed by atoms with Gasteiger partial charge < -0.3 is 5.32 Å². The normalized spacial score (nSPS) is 11.7. The zero-order valence-corrected chi connectivity index (χ0v) is 12.0. The van der Waals surface area contributed by atoms with Gasteiger partial charge in [-0.05, 0) is 23.8 Å². The van der Waals surface area contributed by atoms with E-state index in [2.05, 4.69) is 15.3 Å². The van der Waals surface area contributed by atoms with E-state index in [0.717, 1.165) is 30.6 Å². The molecule has 0 aliphatic carbocycles. The molecule has 0 aliphatic heterocycles. The van der Waals surface area contributed by atoms with Crippen LogP contribution in [0, 0.1) is 11.6 Å². The van der Waals surface area contributed by atoms with Gasteiger partial charge in [0.25, 0.3) is 0 Å². The van der Waals surface area contributed by atoms with Crippen molar-refractivity contribution >= 4 is 16.7 Å². The number of nitrogens with one attached hydrogen (secondary N) is 1. The summed E-state index contributed by atoms with van der Waals surface area (Å²) in [5.74, 6) is -1.39. The smallest absolute Gasteiger partial charge is 0.365 e. The van der Waals surface area contributed by atoms with Gasteiger partial charge in [0, 0.05) is 18.0 Å². The summed E-state index contributed by atoms with van der Waals surface area (Å²) < 4.78 is 64.6. The third-order valence-electron chi connectivity index (χ3n) is 3.40. The lowest BCUT2D eigenvalue weighted by Gasteiger charge is -2.10. The molecule has 3 aromatic rings. The molecule has 1 N–H and O–H groups in total. The van der Waals surface area contributed by atoms with Crippen LogP contribution in [0.2, 0.25) is 0 Å². The minimum absolute atomic E-state index is 0.0404. The Labute approximate surface area is 133 Å². The maximum absolute atomic E-state index is 13.7. The van der Waals surface area contributed by atoms with Gasteiger partial charge in [0.2, 0.25) is 0 Å². The van der Waals surface area contributed by atoms with Gasteiger partial charge in [-0.3, -0.25) is 0 Å². The van der Waals surface area contributed by atoms with Crippen LogP contribution >= 0.6 is 0 Å². The summed E-state index contributed by atoms with van der Waals surface area (Å²) in [6.45, 7) is 0.141. The number of benzene rings is 2. The Hall–Kier alpha value is -2.77. The highest BCUT2D eigenvalue weighted by molar-refractivity contribution is 5.89. The summed E-state index contributed by atoms with van der Waals surface area (Å²) in [6, 6.07) is 6.38. The topological polar surface area (TPSA) is 37.8 Å². The molecule has 1 aromatic heterocycles. The predicted octanol–water partition coefficient (Wildman–Crippen LogP) is 4.54. The second kappa shape index (κ2) is 6.03. The van der Waals surface area contributed by atoms with Crippen molar-refractivity contribution in [2.45, 2.75) is 12.7 Å². The Morgan fingerprint density at radius 1 is 0.958 bits per heavy atom. The Balaban J connectivity index is 1.83. The molecule has 3 rings (SSSR count). The van der Waals surface area contributed by atoms with E-state index in [1.807, 2.05) is 0 Å². The molecule has 0 spiro atoms. The van der Waals surface area contributed by atoms with E-state index in [1.165, 1.54) is 12.1 Å². The Bertz CT molecular complexity index is 875. The number of fused-ring (bicyclic) bond motifs is 1. The average molecular weight is 339 g/mol. The van der Waals surface area contributed by atoms with Crippen LogP contribution in [0.4, 0.5) is 27.8 Å². The van der Waals surface area contributed by atoms with Gasteiger partial charge >= 0.3 is 6.18 Å². The van der Waals surface area contributed by atoms with Crippen LogP contribution in [0.3, 0.4) is 0 Å². The van der Waals surface area contributed by atoms with Crippen LogP contribution in [0.25, 0.3) is 10.9 Å². The molecule has 0 aliphatic rings. The highest BCUT2D eigenvalue weighted by Crippen LogP contribution is 2.29. The van der Waals surface area contributed by atoms with E-state index < -0.39 is 23.4 Å². The van der Waals surface area contributed by atoms with Crippen LogP contribution in [0.15, 0.2) is 42.7 Å². The van der Waals surface area contributed by atoms with Gasteiger partial charge in [-0.2, -0.15) is 13.2 Å². The number of anilines is 1. The molecule has 2 aromatic carbocycles. The number of aromatic nitrogens is 2. The van der Waals surface area contributed by atoms with E-state index >= 15 is 0 Å². The van der Waals surface area contributed by atoms with Crippen LogP contribution in [-0.4, -0.2) is 9.97 Å². The average Bonchev–Trinajstić information content (AvgIpc) is 2.52. The number of rotatable bonds is 3. The molecule has 0 amide bonds. The molecule has 0 radical (unpaired) electrons. The second-order valence-corrected chi connectivity index (χ2v) is 5.05. The summed E-state index contributed by atoms with van der Waals surface area (Å²) in [5.41, 5.74) is -0.226. The van der Waals surface area contributed by atoms with Crippen molar-refractivity contribution in [3.63, 3.8) is 0 Å². The maximum Gasteiger partial charge on any atom is 0.416 e. The molecular weight excluding hydrogens is 329 g/mol. The summed E-state index contributed by atoms with van der Waals surface area (Å²) >= 11 is 0. The van der Waals surface area contributed by atoms with Crippen molar-refractivity contribution in [2.75, 3.05) is 5.32 Å². The molecule has 0 bridgehead atoms. The number of hydrogen-bond donors (Lipinski definition) is 1. The van der Waals surface area contributed by atoms with E-state index in [0.29, 0.717) is 5.56 Å². The van der Waals surface area contributed by atoms with Gasteiger partial charge in [0.1, 0.15) is 23.5 Å². The van der Waals surface area contributed by atoms with Crippen molar-refractivity contribution in [3.8, 4) is 0 Å². The van der Waals surface area contributed by atoms with E-state index in [1.54, 1.807) is 0 Å². The number of halogens is 5. The molecule has 0 saturated heterocycles. The van der Waals surface area contributed by atoms with Gasteiger partial charge in [-0.15, -0.1) is 0 Å². The summed E-state index contributed by atoms with van der Waals surface area (Å²) in [5, 5.41) is 3.01. The lowest BCUT2D eigenvalue weighted by atomic mass is 10.1. The lowest BCUT2D eigenvalue weighted by Crippen LogP contribution is -2.06. The SMILES string of the molecule is Fc1cc(F)c2ncnc(NCc3ccc(C(F)(F)F)cc3)c2c1. The minimum atomic E-state index is -4.40. The molecule has 0 atom stereocenters. The standard InChI is InChI=1S/C16H10F5N3/c17-11-5-12-14(13(18)6-11)23-8-24-15(12)22-7-9-1-3-10(4-2-9)16(19,20)21/h1-6,8H,7H2,(H,22,23,24). The number of hydrogen-bond acceptors (Lipinski definition) is 3. The van der Waals surface area contributed by atoms with Gasteiger partial charge in [0.15, 0.2) is 5.82 Å². The highest BCUT2D eigenvalue weighted by Gasteiger charge is 2.29. The first kappa shape index (κ1) is 16.1. The van der Waals surface area contributed by atoms with E-state index in [-0.39, 0.29) is 23.3 Å². The van der Waals surface area contributed by atoms with E-state index in [9.17, 15) is 22.0 Å². The van der Waals surface area contributed by atoms with Crippen LogP contribution in [0.5, 0.6) is 0 Å². The van der Waals surface area contributed by atoms with Crippen LogP contribution in [0.1, 0.15) is 11.1 Å². The van der Waals surface area contributed by atoms with Gasteiger partial charge in [-0.1, -0.05) is 12.1 Å². The molecule has 8 heteroatoms. The highest BCUT2D eigenvalue weighted by atomic mass is 19.4. The minimum Gasteiger partial charge on any atom is -0.365 e. The Kier molecular flexibility index (Phi) is 4.04. The molecule has 3 nitrogen and oxygen atoms in total. The van der Waals surface area contributed by atoms with Crippen molar-refractivity contribution in [1.29, 1.82) is 0 Å². The van der Waals surface area contributed by atoms with Crippen molar-refractivity contribution in [2.24, 2.45) is 0 Å². The first-order chi connectivity index (χ1) is 11.3. The zero-order valence-electron chi connectivity index (χ0n) is 12.0. The van der Waals surface area contributed by atoms with Crippen molar-refractivity contribution in [3.05, 3.63) is 65.5 Å². The Morgan fingerprint density at radius 3 is 2.33 bits per heavy atom. The summed E-state index contributed by atoms with van der Waals surface area (Å²) in [7, 11) is 0. The molecule has 1 heterocycles. The number of alkyl halides is 3. The molecule has 124 valence electrons. The predicted molar refractivity (Wildman–Crippen MR) is 78.2 cm³/mol. The quantitative estimate of drug-likeness (QED) is 0.712. The first-order valence-corrected chi connectivity index (χ1v) is 6.84.